The Kier molecular flexibility index (Phi) is 1.92. The first kappa shape index (κ1) is 9.57. The summed E-state index contributed by atoms with van der Waals surface area (Å²) in [5, 5.41) is 19.7. The highest BCUT2D eigenvalue weighted by molar-refractivity contribution is 5.85. The number of hydrogen-bond acceptors (Lipinski definition) is 4. The monoisotopic (exact) mass is 208 g/mol. The molecule has 1 fully saturated rings. The third-order valence-electron chi connectivity index (χ3n) is 2.60. The molecule has 0 amide bonds. The van der Waals surface area contributed by atoms with E-state index in [0.717, 1.165) is 0 Å². The first-order chi connectivity index (χ1) is 7.08. The number of rotatable bonds is 3. The smallest absolute Gasteiger partial charge is 0.316 e. The van der Waals surface area contributed by atoms with Gasteiger partial charge in [0.1, 0.15) is 11.1 Å². The minimum Gasteiger partial charge on any atom is -0.481 e. The summed E-state index contributed by atoms with van der Waals surface area (Å²) in [5.41, 5.74) is -1.26. The molecule has 15 heavy (non-hydrogen) atoms. The molecular weight excluding hydrogens is 200 g/mol. The van der Waals surface area contributed by atoms with Gasteiger partial charge in [0.2, 0.25) is 0 Å². The molecule has 1 aliphatic rings. The largest absolute Gasteiger partial charge is 0.481 e. The van der Waals surface area contributed by atoms with E-state index in [-0.39, 0.29) is 11.4 Å². The zero-order chi connectivity index (χ0) is 11.1. The van der Waals surface area contributed by atoms with Crippen molar-refractivity contribution in [2.75, 3.05) is 0 Å². The number of carboxylic acids is 1. The Morgan fingerprint density at radius 2 is 2.27 bits per heavy atom. The van der Waals surface area contributed by atoms with Gasteiger partial charge in [-0.15, -0.1) is 0 Å². The van der Waals surface area contributed by atoms with Crippen LogP contribution in [0.4, 0.5) is 5.69 Å². The Hall–Kier alpha value is -1.98. The second kappa shape index (κ2) is 3.01. The van der Waals surface area contributed by atoms with Gasteiger partial charge in [0.15, 0.2) is 0 Å². The number of carbonyl (C=O) groups is 1. The molecule has 1 aromatic heterocycles. The van der Waals surface area contributed by atoms with Gasteiger partial charge >= 0.3 is 5.97 Å². The number of aliphatic carboxylic acids is 1. The molecule has 0 spiro atoms. The molecule has 0 atom stereocenters. The van der Waals surface area contributed by atoms with Crippen molar-refractivity contribution in [3.05, 3.63) is 34.1 Å². The molecule has 0 aliphatic heterocycles. The quantitative estimate of drug-likeness (QED) is 0.593. The van der Waals surface area contributed by atoms with E-state index < -0.39 is 16.3 Å². The van der Waals surface area contributed by atoms with Gasteiger partial charge in [-0.05, 0) is 18.9 Å². The molecule has 1 saturated carbocycles. The Morgan fingerprint density at radius 1 is 1.60 bits per heavy atom. The zero-order valence-electron chi connectivity index (χ0n) is 7.71. The fraction of sp³-hybridized carbons (Fsp3) is 0.333. The van der Waals surface area contributed by atoms with Gasteiger partial charge in [-0.3, -0.25) is 19.9 Å². The molecule has 6 heteroatoms. The van der Waals surface area contributed by atoms with Crippen LogP contribution in [0.2, 0.25) is 0 Å². The van der Waals surface area contributed by atoms with Crippen molar-refractivity contribution in [1.29, 1.82) is 0 Å². The molecule has 0 bridgehead atoms. The van der Waals surface area contributed by atoms with Crippen LogP contribution < -0.4 is 0 Å². The standard InChI is InChI=1S/C9H8N2O4/c12-8(13)9(3-4-9)7-6(11(14)15)2-1-5-10-7/h1-2,5H,3-4H2,(H,12,13). The number of carboxylic acid groups (broad SMARTS) is 1. The first-order valence-corrected chi connectivity index (χ1v) is 4.41. The predicted molar refractivity (Wildman–Crippen MR) is 49.4 cm³/mol. The average molecular weight is 208 g/mol. The van der Waals surface area contributed by atoms with Gasteiger partial charge < -0.3 is 5.11 Å². The second-order valence-electron chi connectivity index (χ2n) is 3.52. The highest BCUT2D eigenvalue weighted by atomic mass is 16.6. The van der Waals surface area contributed by atoms with Crippen molar-refractivity contribution in [3.8, 4) is 0 Å². The second-order valence-corrected chi connectivity index (χ2v) is 3.52. The normalized spacial score (nSPS) is 17.1. The number of aromatic nitrogens is 1. The van der Waals surface area contributed by atoms with Gasteiger partial charge in [-0.2, -0.15) is 0 Å². The molecule has 1 heterocycles. The summed E-state index contributed by atoms with van der Waals surface area (Å²) < 4.78 is 0. The van der Waals surface area contributed by atoms with Crippen LogP contribution in [-0.2, 0) is 10.2 Å². The molecule has 2 rings (SSSR count). The highest BCUT2D eigenvalue weighted by Gasteiger charge is 2.56. The van der Waals surface area contributed by atoms with Gasteiger partial charge in [-0.25, -0.2) is 0 Å². The maximum atomic E-state index is 11.0. The topological polar surface area (TPSA) is 93.3 Å². The summed E-state index contributed by atoms with van der Waals surface area (Å²) in [6, 6.07) is 2.71. The summed E-state index contributed by atoms with van der Waals surface area (Å²) in [6.45, 7) is 0. The maximum absolute atomic E-state index is 11.0. The average Bonchev–Trinajstić information content (AvgIpc) is 2.98. The fourth-order valence-electron chi connectivity index (χ4n) is 1.59. The van der Waals surface area contributed by atoms with Crippen LogP contribution >= 0.6 is 0 Å². The maximum Gasteiger partial charge on any atom is 0.316 e. The van der Waals surface area contributed by atoms with Crippen LogP contribution in [0.25, 0.3) is 0 Å². The van der Waals surface area contributed by atoms with Crippen LogP contribution in [0.15, 0.2) is 18.3 Å². The van der Waals surface area contributed by atoms with Crippen LogP contribution in [0.5, 0.6) is 0 Å². The molecular formula is C9H8N2O4. The van der Waals surface area contributed by atoms with Crippen LogP contribution in [0.1, 0.15) is 18.5 Å². The van der Waals surface area contributed by atoms with E-state index in [1.807, 2.05) is 0 Å². The summed E-state index contributed by atoms with van der Waals surface area (Å²) in [6.07, 6.45) is 2.21. The van der Waals surface area contributed by atoms with E-state index in [2.05, 4.69) is 4.98 Å². The zero-order valence-corrected chi connectivity index (χ0v) is 7.71. The summed E-state index contributed by atoms with van der Waals surface area (Å²) in [4.78, 5) is 24.9. The molecule has 78 valence electrons. The van der Waals surface area contributed by atoms with E-state index in [1.54, 1.807) is 0 Å². The van der Waals surface area contributed by atoms with Crippen molar-refractivity contribution in [2.24, 2.45) is 0 Å². The summed E-state index contributed by atoms with van der Waals surface area (Å²) >= 11 is 0. The van der Waals surface area contributed by atoms with Gasteiger partial charge in [-0.1, -0.05) is 0 Å². The van der Waals surface area contributed by atoms with Crippen LogP contribution in [-0.4, -0.2) is 21.0 Å². The van der Waals surface area contributed by atoms with E-state index in [1.165, 1.54) is 18.3 Å². The van der Waals surface area contributed by atoms with Crippen LogP contribution in [0.3, 0.4) is 0 Å². The van der Waals surface area contributed by atoms with Crippen molar-refractivity contribution in [2.45, 2.75) is 18.3 Å². The van der Waals surface area contributed by atoms with Gasteiger partial charge in [0.05, 0.1) is 4.92 Å². The number of nitro groups is 1. The number of pyridine rings is 1. The first-order valence-electron chi connectivity index (χ1n) is 4.41. The summed E-state index contributed by atoms with van der Waals surface area (Å²) in [7, 11) is 0. The highest BCUT2D eigenvalue weighted by Crippen LogP contribution is 2.50. The van der Waals surface area contributed by atoms with Crippen molar-refractivity contribution in [3.63, 3.8) is 0 Å². The molecule has 6 nitrogen and oxygen atoms in total. The molecule has 1 aromatic rings. The van der Waals surface area contributed by atoms with Crippen LogP contribution in [0, 0.1) is 10.1 Å². The van der Waals surface area contributed by atoms with E-state index in [0.29, 0.717) is 12.8 Å². The lowest BCUT2D eigenvalue weighted by Gasteiger charge is -2.08. The lowest BCUT2D eigenvalue weighted by molar-refractivity contribution is -0.386. The van der Waals surface area contributed by atoms with Crippen molar-refractivity contribution in [1.82, 2.24) is 4.98 Å². The molecule has 1 aliphatic carbocycles. The third-order valence-corrected chi connectivity index (χ3v) is 2.60. The van der Waals surface area contributed by atoms with E-state index >= 15 is 0 Å². The Morgan fingerprint density at radius 3 is 2.73 bits per heavy atom. The molecule has 1 N–H and O–H groups in total. The Bertz CT molecular complexity index is 439. The summed E-state index contributed by atoms with van der Waals surface area (Å²) in [5.74, 6) is -1.04. The van der Waals surface area contributed by atoms with Gasteiger partial charge in [0.25, 0.3) is 5.69 Å². The van der Waals surface area contributed by atoms with Crippen molar-refractivity contribution >= 4 is 11.7 Å². The Balaban J connectivity index is 2.53. The van der Waals surface area contributed by atoms with Gasteiger partial charge in [0, 0.05) is 12.3 Å². The lowest BCUT2D eigenvalue weighted by Crippen LogP contribution is -2.22. The fourth-order valence-corrected chi connectivity index (χ4v) is 1.59. The minimum atomic E-state index is -1.12. The molecule has 0 radical (unpaired) electrons. The predicted octanol–water partition coefficient (Wildman–Crippen LogP) is 1.11. The minimum absolute atomic E-state index is 0.0718. The molecule has 0 saturated heterocycles. The molecule has 0 unspecified atom stereocenters. The SMILES string of the molecule is O=C(O)C1(c2ncccc2[N+](=O)[O-])CC1. The Labute approximate surface area is 84.7 Å². The van der Waals surface area contributed by atoms with Crippen molar-refractivity contribution < 1.29 is 14.8 Å². The lowest BCUT2D eigenvalue weighted by atomic mass is 10.0. The molecule has 0 aromatic carbocycles. The number of hydrogen-bond donors (Lipinski definition) is 1. The third kappa shape index (κ3) is 1.34. The number of nitrogens with zero attached hydrogens (tertiary/aromatic N) is 2. The van der Waals surface area contributed by atoms with E-state index in [9.17, 15) is 14.9 Å². The van der Waals surface area contributed by atoms with E-state index in [4.69, 9.17) is 5.11 Å².